The quantitative estimate of drug-likeness (QED) is 0.725. The molecular weight excluding hydrogens is 283 g/mol. The monoisotopic (exact) mass is 308 g/mol. The maximum atomic E-state index is 13.1. The molecule has 0 aromatic heterocycles. The zero-order valence-electron chi connectivity index (χ0n) is 13.4. The first-order valence-electron chi connectivity index (χ1n) is 7.62. The van der Waals surface area contributed by atoms with Crippen LogP contribution in [-0.4, -0.2) is 24.3 Å². The predicted octanol–water partition coefficient (Wildman–Crippen LogP) is 2.52. The molecule has 1 rings (SSSR count). The van der Waals surface area contributed by atoms with Gasteiger partial charge < -0.3 is 11.1 Å². The summed E-state index contributed by atoms with van der Waals surface area (Å²) in [7, 11) is 0. The molecular formula is C17H25FN2O2. The van der Waals surface area contributed by atoms with E-state index in [0.717, 1.165) is 6.42 Å². The molecule has 22 heavy (non-hydrogen) atoms. The van der Waals surface area contributed by atoms with E-state index < -0.39 is 11.7 Å². The van der Waals surface area contributed by atoms with Crippen molar-refractivity contribution in [1.29, 1.82) is 0 Å². The summed E-state index contributed by atoms with van der Waals surface area (Å²) in [5.74, 6) is -0.960. The first kappa shape index (κ1) is 18.3. The second kappa shape index (κ2) is 8.63. The highest BCUT2D eigenvalue weighted by atomic mass is 19.1. The van der Waals surface area contributed by atoms with Gasteiger partial charge in [-0.25, -0.2) is 4.39 Å². The van der Waals surface area contributed by atoms with E-state index in [1.165, 1.54) is 18.2 Å². The maximum Gasteiger partial charge on any atom is 0.220 e. The number of Topliss-reactive ketones (excluding diaryl/α,β-unsaturated/α-hetero) is 1. The number of hydrogen-bond acceptors (Lipinski definition) is 3. The second-order valence-electron chi connectivity index (χ2n) is 6.11. The van der Waals surface area contributed by atoms with Gasteiger partial charge in [-0.15, -0.1) is 0 Å². The lowest BCUT2D eigenvalue weighted by atomic mass is 9.95. The van der Waals surface area contributed by atoms with E-state index in [9.17, 15) is 14.0 Å². The second-order valence-corrected chi connectivity index (χ2v) is 6.11. The Hall–Kier alpha value is -1.75. The average Bonchev–Trinajstić information content (AvgIpc) is 2.45. The van der Waals surface area contributed by atoms with E-state index >= 15 is 0 Å². The molecule has 0 fully saturated rings. The Balaban J connectivity index is 2.58. The van der Waals surface area contributed by atoms with E-state index in [2.05, 4.69) is 19.2 Å². The van der Waals surface area contributed by atoms with Crippen LogP contribution in [0.15, 0.2) is 24.3 Å². The van der Waals surface area contributed by atoms with Gasteiger partial charge in [0, 0.05) is 30.5 Å². The van der Waals surface area contributed by atoms with Crippen LogP contribution in [0, 0.1) is 17.7 Å². The van der Waals surface area contributed by atoms with Crippen molar-refractivity contribution in [2.24, 2.45) is 17.6 Å². The van der Waals surface area contributed by atoms with Gasteiger partial charge in [-0.1, -0.05) is 32.9 Å². The van der Waals surface area contributed by atoms with Crippen molar-refractivity contribution in [3.05, 3.63) is 35.6 Å². The predicted molar refractivity (Wildman–Crippen MR) is 85.0 cm³/mol. The van der Waals surface area contributed by atoms with Crippen molar-refractivity contribution in [3.8, 4) is 0 Å². The number of ketones is 1. The fraction of sp³-hybridized carbons (Fsp3) is 0.529. The number of hydrogen-bond donors (Lipinski definition) is 2. The van der Waals surface area contributed by atoms with Gasteiger partial charge in [0.1, 0.15) is 5.82 Å². The first-order valence-corrected chi connectivity index (χ1v) is 7.62. The Bertz CT molecular complexity index is 517. The Morgan fingerprint density at radius 3 is 2.50 bits per heavy atom. The van der Waals surface area contributed by atoms with E-state index in [-0.39, 0.29) is 29.7 Å². The molecule has 2 atom stereocenters. The molecule has 0 aliphatic heterocycles. The Labute approximate surface area is 131 Å². The number of carbonyl (C=O) groups excluding carboxylic acids is 2. The van der Waals surface area contributed by atoms with E-state index in [1.54, 1.807) is 13.0 Å². The third-order valence-corrected chi connectivity index (χ3v) is 3.45. The van der Waals surface area contributed by atoms with Crippen molar-refractivity contribution in [1.82, 2.24) is 5.32 Å². The number of carbonyl (C=O) groups is 2. The molecule has 4 nitrogen and oxygen atoms in total. The van der Waals surface area contributed by atoms with E-state index in [1.807, 2.05) is 0 Å². The number of rotatable bonds is 8. The van der Waals surface area contributed by atoms with E-state index in [0.29, 0.717) is 12.5 Å². The standard InChI is InChI=1S/C17H25FN2O2/c1-11(2)7-15(10-19)20-16(21)8-12(3)17(22)13-5-4-6-14(18)9-13/h4-6,9,11-12,15H,7-8,10,19H2,1-3H3,(H,20,21). The van der Waals surface area contributed by atoms with Crippen LogP contribution in [0.5, 0.6) is 0 Å². The van der Waals surface area contributed by atoms with Crippen LogP contribution in [0.25, 0.3) is 0 Å². The average molecular weight is 308 g/mol. The van der Waals surface area contributed by atoms with Gasteiger partial charge in [0.15, 0.2) is 5.78 Å². The molecule has 0 aliphatic rings. The molecule has 0 radical (unpaired) electrons. The minimum atomic E-state index is -0.501. The zero-order chi connectivity index (χ0) is 16.7. The molecule has 2 unspecified atom stereocenters. The largest absolute Gasteiger partial charge is 0.352 e. The molecule has 0 bridgehead atoms. The van der Waals surface area contributed by atoms with Crippen LogP contribution < -0.4 is 11.1 Å². The van der Waals surface area contributed by atoms with Gasteiger partial charge in [-0.05, 0) is 24.5 Å². The number of nitrogens with one attached hydrogen (secondary N) is 1. The van der Waals surface area contributed by atoms with Gasteiger partial charge in [-0.2, -0.15) is 0 Å². The highest BCUT2D eigenvalue weighted by Crippen LogP contribution is 2.14. The van der Waals surface area contributed by atoms with Gasteiger partial charge in [0.2, 0.25) is 5.91 Å². The summed E-state index contributed by atoms with van der Waals surface area (Å²) >= 11 is 0. The minimum Gasteiger partial charge on any atom is -0.352 e. The van der Waals surface area contributed by atoms with Crippen molar-refractivity contribution >= 4 is 11.7 Å². The van der Waals surface area contributed by atoms with Crippen LogP contribution >= 0.6 is 0 Å². The topological polar surface area (TPSA) is 72.2 Å². The number of amides is 1. The third-order valence-electron chi connectivity index (χ3n) is 3.45. The van der Waals surface area contributed by atoms with Crippen molar-refractivity contribution < 1.29 is 14.0 Å². The summed E-state index contributed by atoms with van der Waals surface area (Å²) < 4.78 is 13.1. The first-order chi connectivity index (χ1) is 10.3. The van der Waals surface area contributed by atoms with Crippen molar-refractivity contribution in [2.75, 3.05) is 6.54 Å². The summed E-state index contributed by atoms with van der Waals surface area (Å²) in [6, 6.07) is 5.44. The molecule has 122 valence electrons. The van der Waals surface area contributed by atoms with Crippen LogP contribution in [0.3, 0.4) is 0 Å². The Morgan fingerprint density at radius 2 is 1.95 bits per heavy atom. The summed E-state index contributed by atoms with van der Waals surface area (Å²) in [6.07, 6.45) is 0.873. The number of benzene rings is 1. The lowest BCUT2D eigenvalue weighted by Crippen LogP contribution is -2.41. The minimum absolute atomic E-state index is 0.0734. The third kappa shape index (κ3) is 5.93. The summed E-state index contributed by atoms with van der Waals surface area (Å²) in [4.78, 5) is 24.2. The molecule has 5 heteroatoms. The molecule has 0 saturated carbocycles. The SMILES string of the molecule is CC(C)CC(CN)NC(=O)CC(C)C(=O)c1cccc(F)c1. The lowest BCUT2D eigenvalue weighted by molar-refractivity contribution is -0.122. The normalized spacial score (nSPS) is 13.7. The van der Waals surface area contributed by atoms with Crippen molar-refractivity contribution in [3.63, 3.8) is 0 Å². The van der Waals surface area contributed by atoms with Crippen LogP contribution in [-0.2, 0) is 4.79 Å². The van der Waals surface area contributed by atoms with Gasteiger partial charge in [-0.3, -0.25) is 9.59 Å². The fourth-order valence-corrected chi connectivity index (χ4v) is 2.37. The van der Waals surface area contributed by atoms with Gasteiger partial charge in [0.25, 0.3) is 0 Å². The fourth-order valence-electron chi connectivity index (χ4n) is 2.37. The molecule has 1 aromatic carbocycles. The maximum absolute atomic E-state index is 13.1. The summed E-state index contributed by atoms with van der Waals surface area (Å²) in [5.41, 5.74) is 5.93. The van der Waals surface area contributed by atoms with Crippen LogP contribution in [0.1, 0.15) is 44.0 Å². The molecule has 1 amide bonds. The Morgan fingerprint density at radius 1 is 1.27 bits per heavy atom. The molecule has 3 N–H and O–H groups in total. The summed E-state index contributed by atoms with van der Waals surface area (Å²) in [6.45, 7) is 6.17. The molecule has 1 aromatic rings. The van der Waals surface area contributed by atoms with Gasteiger partial charge in [0.05, 0.1) is 0 Å². The highest BCUT2D eigenvalue weighted by molar-refractivity contribution is 5.99. The molecule has 0 aliphatic carbocycles. The molecule has 0 heterocycles. The number of nitrogens with two attached hydrogens (primary N) is 1. The zero-order valence-corrected chi connectivity index (χ0v) is 13.4. The lowest BCUT2D eigenvalue weighted by Gasteiger charge is -2.20. The molecule has 0 saturated heterocycles. The number of halogens is 1. The van der Waals surface area contributed by atoms with Gasteiger partial charge >= 0.3 is 0 Å². The van der Waals surface area contributed by atoms with Crippen molar-refractivity contribution in [2.45, 2.75) is 39.7 Å². The highest BCUT2D eigenvalue weighted by Gasteiger charge is 2.20. The van der Waals surface area contributed by atoms with E-state index in [4.69, 9.17) is 5.73 Å². The molecule has 0 spiro atoms. The summed E-state index contributed by atoms with van der Waals surface area (Å²) in [5, 5.41) is 2.86. The Kier molecular flexibility index (Phi) is 7.18. The van der Waals surface area contributed by atoms with Crippen LogP contribution in [0.4, 0.5) is 4.39 Å². The smallest absolute Gasteiger partial charge is 0.220 e. The van der Waals surface area contributed by atoms with Crippen LogP contribution in [0.2, 0.25) is 0 Å².